The monoisotopic (exact) mass is 484 g/mol. The van der Waals surface area contributed by atoms with E-state index in [0.29, 0.717) is 51.2 Å². The number of hydrogen-bond acceptors (Lipinski definition) is 6. The van der Waals surface area contributed by atoms with Crippen molar-refractivity contribution in [2.75, 3.05) is 17.2 Å². The zero-order chi connectivity index (χ0) is 25.2. The Bertz CT molecular complexity index is 1410. The Kier molecular flexibility index (Phi) is 6.25. The number of aryl methyl sites for hydroxylation is 1. The van der Waals surface area contributed by atoms with Crippen molar-refractivity contribution in [3.63, 3.8) is 0 Å². The minimum Gasteiger partial charge on any atom is -0.462 e. The van der Waals surface area contributed by atoms with E-state index in [1.807, 2.05) is 0 Å². The van der Waals surface area contributed by atoms with Crippen LogP contribution >= 0.6 is 0 Å². The average Bonchev–Trinajstić information content (AvgIpc) is 3.41. The zero-order valence-electron chi connectivity index (χ0n) is 19.7. The number of amides is 2. The summed E-state index contributed by atoms with van der Waals surface area (Å²) in [7, 11) is 0. The van der Waals surface area contributed by atoms with Crippen molar-refractivity contribution in [3.8, 4) is 0 Å². The topological polar surface area (TPSA) is 115 Å². The summed E-state index contributed by atoms with van der Waals surface area (Å²) in [4.78, 5) is 49.2. The van der Waals surface area contributed by atoms with Crippen LogP contribution in [0.5, 0.6) is 0 Å². The lowest BCUT2D eigenvalue weighted by Gasteiger charge is -2.10. The van der Waals surface area contributed by atoms with Crippen LogP contribution in [-0.4, -0.2) is 30.7 Å². The number of hydrogen-bond donors (Lipinski definition) is 2. The quantitative estimate of drug-likeness (QED) is 0.292. The van der Waals surface area contributed by atoms with E-state index in [9.17, 15) is 19.2 Å². The Balaban J connectivity index is 1.49. The van der Waals surface area contributed by atoms with E-state index in [-0.39, 0.29) is 18.4 Å². The molecule has 0 atom stereocenters. The van der Waals surface area contributed by atoms with Crippen molar-refractivity contribution in [1.29, 1.82) is 0 Å². The smallest absolute Gasteiger partial charge is 0.342 e. The molecule has 0 fully saturated rings. The standard InChI is InChI=1S/C28H24N2O6/c1-2-35-28(34)25-19-5-3-4-6-23(19)36-24(25)14-21-20-13-18(11-12-22(20)30-27(21)33)29-26(32)17-9-7-16(15-31)8-10-17/h7-15H,2-6H2,1H3,(H,29,32)(H,30,33). The number of nitrogens with one attached hydrogen (secondary N) is 2. The molecule has 1 aromatic heterocycles. The van der Waals surface area contributed by atoms with E-state index in [0.717, 1.165) is 37.0 Å². The normalized spacial score (nSPS) is 15.1. The number of furan rings is 1. The van der Waals surface area contributed by atoms with Crippen LogP contribution in [0.25, 0.3) is 11.6 Å². The van der Waals surface area contributed by atoms with Gasteiger partial charge in [0.25, 0.3) is 11.8 Å². The third-order valence-electron chi connectivity index (χ3n) is 6.32. The summed E-state index contributed by atoms with van der Waals surface area (Å²) in [5.41, 5.74) is 4.09. The summed E-state index contributed by atoms with van der Waals surface area (Å²) in [6.45, 7) is 1.98. The summed E-state index contributed by atoms with van der Waals surface area (Å²) in [5.74, 6) is -0.0726. The van der Waals surface area contributed by atoms with Crippen molar-refractivity contribution in [2.24, 2.45) is 0 Å². The highest BCUT2D eigenvalue weighted by molar-refractivity contribution is 6.35. The van der Waals surface area contributed by atoms with Gasteiger partial charge >= 0.3 is 5.97 Å². The van der Waals surface area contributed by atoms with E-state index in [4.69, 9.17) is 9.15 Å². The molecule has 0 spiro atoms. The second-order valence-electron chi connectivity index (χ2n) is 8.64. The van der Waals surface area contributed by atoms with Crippen LogP contribution in [-0.2, 0) is 22.4 Å². The maximum Gasteiger partial charge on any atom is 0.342 e. The number of ether oxygens (including phenoxy) is 1. The van der Waals surface area contributed by atoms with Gasteiger partial charge in [-0.1, -0.05) is 12.1 Å². The number of rotatable bonds is 6. The molecule has 8 nitrogen and oxygen atoms in total. The molecule has 0 unspecified atom stereocenters. The highest BCUT2D eigenvalue weighted by Gasteiger charge is 2.30. The van der Waals surface area contributed by atoms with Crippen LogP contribution in [0.2, 0.25) is 0 Å². The predicted octanol–water partition coefficient (Wildman–Crippen LogP) is 4.89. The molecule has 0 bridgehead atoms. The van der Waals surface area contributed by atoms with Gasteiger partial charge in [-0.15, -0.1) is 0 Å². The van der Waals surface area contributed by atoms with E-state index >= 15 is 0 Å². The molecule has 2 heterocycles. The van der Waals surface area contributed by atoms with Gasteiger partial charge in [-0.25, -0.2) is 4.79 Å². The van der Waals surface area contributed by atoms with Gasteiger partial charge in [-0.05, 0) is 62.6 Å². The molecule has 1 aliphatic heterocycles. The van der Waals surface area contributed by atoms with Gasteiger partial charge in [0.2, 0.25) is 0 Å². The molecule has 2 aliphatic rings. The fraction of sp³-hybridized carbons (Fsp3) is 0.214. The Morgan fingerprint density at radius 3 is 2.64 bits per heavy atom. The lowest BCUT2D eigenvalue weighted by atomic mass is 9.94. The van der Waals surface area contributed by atoms with E-state index in [1.165, 1.54) is 0 Å². The number of anilines is 2. The van der Waals surface area contributed by atoms with Crippen LogP contribution in [0.1, 0.15) is 73.5 Å². The molecule has 3 aromatic rings. The van der Waals surface area contributed by atoms with Crippen molar-refractivity contribution in [2.45, 2.75) is 32.6 Å². The minimum atomic E-state index is -0.462. The summed E-state index contributed by atoms with van der Waals surface area (Å²) in [6.07, 6.45) is 5.68. The third-order valence-corrected chi connectivity index (χ3v) is 6.32. The van der Waals surface area contributed by atoms with E-state index in [1.54, 1.807) is 55.5 Å². The Labute approximate surface area is 207 Å². The SMILES string of the molecule is CCOC(=O)c1c(C=C2C(=O)Nc3ccc(NC(=O)c4ccc(C=O)cc4)cc32)oc2c1CCCC2. The molecule has 0 saturated heterocycles. The molecule has 2 N–H and O–H groups in total. The first-order chi connectivity index (χ1) is 17.5. The second kappa shape index (κ2) is 9.65. The highest BCUT2D eigenvalue weighted by atomic mass is 16.5. The first-order valence-corrected chi connectivity index (χ1v) is 11.8. The van der Waals surface area contributed by atoms with E-state index < -0.39 is 5.97 Å². The summed E-state index contributed by atoms with van der Waals surface area (Å²) < 4.78 is 11.3. The van der Waals surface area contributed by atoms with Crippen molar-refractivity contribution < 1.29 is 28.3 Å². The second-order valence-corrected chi connectivity index (χ2v) is 8.64. The largest absolute Gasteiger partial charge is 0.462 e. The van der Waals surface area contributed by atoms with Crippen molar-refractivity contribution >= 4 is 47.1 Å². The van der Waals surface area contributed by atoms with Gasteiger partial charge in [0.05, 0.1) is 12.2 Å². The molecule has 0 saturated carbocycles. The molecule has 2 aromatic carbocycles. The number of benzene rings is 2. The number of esters is 1. The molecular formula is C28H24N2O6. The van der Waals surface area contributed by atoms with Crippen molar-refractivity contribution in [3.05, 3.63) is 81.8 Å². The molecule has 182 valence electrons. The maximum absolute atomic E-state index is 12.8. The van der Waals surface area contributed by atoms with Crippen LogP contribution in [0.4, 0.5) is 11.4 Å². The first kappa shape index (κ1) is 23.3. The summed E-state index contributed by atoms with van der Waals surface area (Å²) in [5, 5.41) is 5.64. The molecule has 2 amide bonds. The number of fused-ring (bicyclic) bond motifs is 2. The Morgan fingerprint density at radius 2 is 1.89 bits per heavy atom. The predicted molar refractivity (Wildman–Crippen MR) is 134 cm³/mol. The van der Waals surface area contributed by atoms with Crippen LogP contribution in [0.3, 0.4) is 0 Å². The molecule has 8 heteroatoms. The van der Waals surface area contributed by atoms with Gasteiger partial charge in [-0.3, -0.25) is 14.4 Å². The molecule has 1 aliphatic carbocycles. The number of carbonyl (C=O) groups is 4. The maximum atomic E-state index is 12.8. The van der Waals surface area contributed by atoms with E-state index in [2.05, 4.69) is 10.6 Å². The van der Waals surface area contributed by atoms with Crippen LogP contribution in [0, 0.1) is 0 Å². The summed E-state index contributed by atoms with van der Waals surface area (Å²) in [6, 6.07) is 11.4. The average molecular weight is 485 g/mol. The van der Waals surface area contributed by atoms with Crippen LogP contribution in [0.15, 0.2) is 46.9 Å². The van der Waals surface area contributed by atoms with Gasteiger partial charge in [0, 0.05) is 40.0 Å². The number of aldehydes is 1. The fourth-order valence-corrected chi connectivity index (χ4v) is 4.57. The molecule has 0 radical (unpaired) electrons. The Hall–Kier alpha value is -4.46. The fourth-order valence-electron chi connectivity index (χ4n) is 4.57. The van der Waals surface area contributed by atoms with Gasteiger partial charge < -0.3 is 19.8 Å². The lowest BCUT2D eigenvalue weighted by molar-refractivity contribution is -0.110. The third kappa shape index (κ3) is 4.33. The number of carbonyl (C=O) groups excluding carboxylic acids is 4. The molecular weight excluding hydrogens is 460 g/mol. The zero-order valence-corrected chi connectivity index (χ0v) is 19.7. The molecule has 36 heavy (non-hydrogen) atoms. The van der Waals surface area contributed by atoms with Crippen molar-refractivity contribution in [1.82, 2.24) is 0 Å². The minimum absolute atomic E-state index is 0.235. The highest BCUT2D eigenvalue weighted by Crippen LogP contribution is 2.38. The Morgan fingerprint density at radius 1 is 1.11 bits per heavy atom. The van der Waals surface area contributed by atoms with Gasteiger partial charge in [-0.2, -0.15) is 0 Å². The summed E-state index contributed by atoms with van der Waals surface area (Å²) >= 11 is 0. The lowest BCUT2D eigenvalue weighted by Crippen LogP contribution is -2.12. The van der Waals surface area contributed by atoms with Gasteiger partial charge in [0.1, 0.15) is 23.4 Å². The van der Waals surface area contributed by atoms with Crippen LogP contribution < -0.4 is 10.6 Å². The first-order valence-electron chi connectivity index (χ1n) is 11.8. The molecule has 5 rings (SSSR count). The van der Waals surface area contributed by atoms with Gasteiger partial charge in [0.15, 0.2) is 0 Å².